The normalized spacial score (nSPS) is 19.1. The highest BCUT2D eigenvalue weighted by atomic mass is 16.5. The number of hydrogen-bond donors (Lipinski definition) is 1. The van der Waals surface area contributed by atoms with Crippen molar-refractivity contribution in [3.05, 3.63) is 0 Å². The van der Waals surface area contributed by atoms with Crippen molar-refractivity contribution in [2.75, 3.05) is 26.3 Å². The number of carboxylic acids is 1. The third kappa shape index (κ3) is 2.99. The summed E-state index contributed by atoms with van der Waals surface area (Å²) in [6.45, 7) is 3.88. The molecule has 80 valence electrons. The Hall–Kier alpha value is -1.10. The molecule has 1 amide bonds. The predicted octanol–water partition coefficient (Wildman–Crippen LogP) is -0.0440. The molecule has 1 unspecified atom stereocenters. The quantitative estimate of drug-likeness (QED) is 0.695. The van der Waals surface area contributed by atoms with Crippen LogP contribution in [0.1, 0.15) is 13.3 Å². The van der Waals surface area contributed by atoms with Crippen LogP contribution in [-0.2, 0) is 14.3 Å². The lowest BCUT2D eigenvalue weighted by Gasteiger charge is -2.28. The van der Waals surface area contributed by atoms with Crippen LogP contribution in [0, 0.1) is 5.92 Å². The minimum absolute atomic E-state index is 0.0873. The van der Waals surface area contributed by atoms with Gasteiger partial charge in [-0.15, -0.1) is 0 Å². The number of amides is 1. The molecule has 0 saturated carbocycles. The van der Waals surface area contributed by atoms with E-state index in [1.165, 1.54) is 0 Å². The van der Waals surface area contributed by atoms with E-state index in [0.717, 1.165) is 0 Å². The summed E-state index contributed by atoms with van der Waals surface area (Å²) in [5, 5.41) is 8.54. The number of carbonyl (C=O) groups is 2. The van der Waals surface area contributed by atoms with Gasteiger partial charge < -0.3 is 14.7 Å². The number of rotatable bonds is 3. The molecule has 5 nitrogen and oxygen atoms in total. The van der Waals surface area contributed by atoms with Crippen LogP contribution < -0.4 is 0 Å². The summed E-state index contributed by atoms with van der Waals surface area (Å²) in [5.74, 6) is -1.46. The van der Waals surface area contributed by atoms with Crippen LogP contribution in [0.2, 0.25) is 0 Å². The average Bonchev–Trinajstić information content (AvgIpc) is 2.17. The summed E-state index contributed by atoms with van der Waals surface area (Å²) in [6.07, 6.45) is -0.101. The van der Waals surface area contributed by atoms with Crippen LogP contribution in [0.3, 0.4) is 0 Å². The Morgan fingerprint density at radius 1 is 1.43 bits per heavy atom. The van der Waals surface area contributed by atoms with Crippen molar-refractivity contribution in [1.29, 1.82) is 0 Å². The van der Waals surface area contributed by atoms with Gasteiger partial charge in [-0.05, 0) is 0 Å². The molecular formula is C9H15NO4. The highest BCUT2D eigenvalue weighted by Gasteiger charge is 2.23. The van der Waals surface area contributed by atoms with Gasteiger partial charge in [-0.2, -0.15) is 0 Å². The molecule has 0 bridgehead atoms. The molecule has 0 spiro atoms. The molecule has 0 aromatic heterocycles. The zero-order valence-electron chi connectivity index (χ0n) is 8.23. The Labute approximate surface area is 82.6 Å². The summed E-state index contributed by atoms with van der Waals surface area (Å²) < 4.78 is 5.10. The second-order valence-electron chi connectivity index (χ2n) is 3.44. The zero-order valence-corrected chi connectivity index (χ0v) is 8.23. The highest BCUT2D eigenvalue weighted by Crippen LogP contribution is 2.09. The van der Waals surface area contributed by atoms with Gasteiger partial charge in [0.1, 0.15) is 0 Å². The largest absolute Gasteiger partial charge is 0.481 e. The van der Waals surface area contributed by atoms with E-state index in [1.807, 2.05) is 0 Å². The van der Waals surface area contributed by atoms with E-state index in [-0.39, 0.29) is 12.3 Å². The monoisotopic (exact) mass is 201 g/mol. The van der Waals surface area contributed by atoms with Crippen LogP contribution in [0.4, 0.5) is 0 Å². The van der Waals surface area contributed by atoms with Gasteiger partial charge >= 0.3 is 5.97 Å². The Bertz CT molecular complexity index is 223. The minimum Gasteiger partial charge on any atom is -0.481 e. The van der Waals surface area contributed by atoms with Crippen molar-refractivity contribution in [2.45, 2.75) is 13.3 Å². The fourth-order valence-electron chi connectivity index (χ4n) is 1.44. The van der Waals surface area contributed by atoms with Crippen LogP contribution in [-0.4, -0.2) is 48.2 Å². The van der Waals surface area contributed by atoms with E-state index < -0.39 is 11.9 Å². The van der Waals surface area contributed by atoms with Gasteiger partial charge in [0.05, 0.1) is 19.6 Å². The molecule has 1 heterocycles. The topological polar surface area (TPSA) is 66.8 Å². The SMILES string of the molecule is CC(CC(=O)O)C(=O)N1CCOCC1. The molecule has 1 aliphatic rings. The molecule has 0 radical (unpaired) electrons. The molecule has 1 fully saturated rings. The number of ether oxygens (including phenoxy) is 1. The molecule has 1 rings (SSSR count). The van der Waals surface area contributed by atoms with Crippen LogP contribution >= 0.6 is 0 Å². The first kappa shape index (κ1) is 11.0. The molecule has 0 aromatic rings. The minimum atomic E-state index is -0.931. The highest BCUT2D eigenvalue weighted by molar-refractivity contribution is 5.82. The molecule has 1 saturated heterocycles. The molecule has 1 atom stereocenters. The Balaban J connectivity index is 2.42. The molecule has 0 aromatic carbocycles. The van der Waals surface area contributed by atoms with E-state index in [2.05, 4.69) is 0 Å². The van der Waals surface area contributed by atoms with E-state index in [9.17, 15) is 9.59 Å². The Kier molecular flexibility index (Phi) is 3.88. The number of carboxylic acid groups (broad SMARTS) is 1. The first-order valence-corrected chi connectivity index (χ1v) is 4.69. The molecule has 1 aliphatic heterocycles. The summed E-state index contributed by atoms with van der Waals surface area (Å²) in [6, 6.07) is 0. The zero-order chi connectivity index (χ0) is 10.6. The second-order valence-corrected chi connectivity index (χ2v) is 3.44. The first-order valence-electron chi connectivity index (χ1n) is 4.69. The second kappa shape index (κ2) is 4.95. The van der Waals surface area contributed by atoms with Crippen molar-refractivity contribution in [1.82, 2.24) is 4.90 Å². The molecular weight excluding hydrogens is 186 g/mol. The van der Waals surface area contributed by atoms with Gasteiger partial charge in [0, 0.05) is 19.0 Å². The van der Waals surface area contributed by atoms with Crippen molar-refractivity contribution >= 4 is 11.9 Å². The first-order chi connectivity index (χ1) is 6.61. The number of hydrogen-bond acceptors (Lipinski definition) is 3. The standard InChI is InChI=1S/C9H15NO4/c1-7(6-8(11)12)9(13)10-2-4-14-5-3-10/h7H,2-6H2,1H3,(H,11,12). The van der Waals surface area contributed by atoms with Gasteiger partial charge in [0.2, 0.25) is 5.91 Å². The average molecular weight is 201 g/mol. The van der Waals surface area contributed by atoms with E-state index in [0.29, 0.717) is 26.3 Å². The molecule has 5 heteroatoms. The number of carbonyl (C=O) groups excluding carboxylic acids is 1. The summed E-state index contributed by atoms with van der Waals surface area (Å²) >= 11 is 0. The Morgan fingerprint density at radius 2 is 2.00 bits per heavy atom. The maximum Gasteiger partial charge on any atom is 0.304 e. The summed E-state index contributed by atoms with van der Waals surface area (Å²) in [5.41, 5.74) is 0. The summed E-state index contributed by atoms with van der Waals surface area (Å²) in [4.78, 5) is 23.7. The third-order valence-electron chi connectivity index (χ3n) is 2.23. The van der Waals surface area contributed by atoms with Crippen LogP contribution in [0.15, 0.2) is 0 Å². The van der Waals surface area contributed by atoms with E-state index in [1.54, 1.807) is 11.8 Å². The van der Waals surface area contributed by atoms with Gasteiger partial charge in [0.25, 0.3) is 0 Å². The number of morpholine rings is 1. The van der Waals surface area contributed by atoms with Gasteiger partial charge in [-0.3, -0.25) is 9.59 Å². The number of nitrogens with zero attached hydrogens (tertiary/aromatic N) is 1. The van der Waals surface area contributed by atoms with Crippen molar-refractivity contribution < 1.29 is 19.4 Å². The molecule has 1 N–H and O–H groups in total. The molecule has 0 aliphatic carbocycles. The van der Waals surface area contributed by atoms with Crippen molar-refractivity contribution in [3.8, 4) is 0 Å². The maximum atomic E-state index is 11.6. The Morgan fingerprint density at radius 3 is 2.50 bits per heavy atom. The van der Waals surface area contributed by atoms with Crippen molar-refractivity contribution in [2.24, 2.45) is 5.92 Å². The third-order valence-corrected chi connectivity index (χ3v) is 2.23. The van der Waals surface area contributed by atoms with E-state index in [4.69, 9.17) is 9.84 Å². The van der Waals surface area contributed by atoms with E-state index >= 15 is 0 Å². The smallest absolute Gasteiger partial charge is 0.304 e. The fourth-order valence-corrected chi connectivity index (χ4v) is 1.44. The maximum absolute atomic E-state index is 11.6. The lowest BCUT2D eigenvalue weighted by Crippen LogP contribution is -2.43. The van der Waals surface area contributed by atoms with Gasteiger partial charge in [0.15, 0.2) is 0 Å². The van der Waals surface area contributed by atoms with Crippen molar-refractivity contribution in [3.63, 3.8) is 0 Å². The number of aliphatic carboxylic acids is 1. The summed E-state index contributed by atoms with van der Waals surface area (Å²) in [7, 11) is 0. The van der Waals surface area contributed by atoms with Crippen LogP contribution in [0.5, 0.6) is 0 Å². The lowest BCUT2D eigenvalue weighted by molar-refractivity contribution is -0.146. The van der Waals surface area contributed by atoms with Gasteiger partial charge in [-0.25, -0.2) is 0 Å². The molecule has 14 heavy (non-hydrogen) atoms. The van der Waals surface area contributed by atoms with Crippen LogP contribution in [0.25, 0.3) is 0 Å². The van der Waals surface area contributed by atoms with Gasteiger partial charge in [-0.1, -0.05) is 6.92 Å². The lowest BCUT2D eigenvalue weighted by atomic mass is 10.1. The fraction of sp³-hybridized carbons (Fsp3) is 0.778. The predicted molar refractivity (Wildman–Crippen MR) is 48.8 cm³/mol.